The number of hydrogen-bond acceptors (Lipinski definition) is 3. The summed E-state index contributed by atoms with van der Waals surface area (Å²) in [5, 5.41) is 2.76. The van der Waals surface area contributed by atoms with Crippen LogP contribution in [0, 0.1) is 0 Å². The van der Waals surface area contributed by atoms with Crippen LogP contribution in [-0.4, -0.2) is 19.1 Å². The van der Waals surface area contributed by atoms with Crippen LogP contribution in [0.1, 0.15) is 5.56 Å². The standard InChI is InChI=1S/C12H13NO3/c14-12(11-9-15-6-7-16-11)13-8-10-4-2-1-3-5-10/h1-5,9H,6-8H2,(H,13,14). The highest BCUT2D eigenvalue weighted by molar-refractivity contribution is 5.91. The van der Waals surface area contributed by atoms with Crippen molar-refractivity contribution in [2.45, 2.75) is 6.54 Å². The zero-order chi connectivity index (χ0) is 11.2. The molecule has 0 atom stereocenters. The lowest BCUT2D eigenvalue weighted by Crippen LogP contribution is -2.27. The van der Waals surface area contributed by atoms with Gasteiger partial charge in [-0.15, -0.1) is 0 Å². The van der Waals surface area contributed by atoms with E-state index in [1.165, 1.54) is 6.26 Å². The van der Waals surface area contributed by atoms with Crippen molar-refractivity contribution < 1.29 is 14.3 Å². The third-order valence-electron chi connectivity index (χ3n) is 2.17. The van der Waals surface area contributed by atoms with Gasteiger partial charge in [-0.05, 0) is 5.56 Å². The zero-order valence-corrected chi connectivity index (χ0v) is 8.81. The van der Waals surface area contributed by atoms with Gasteiger partial charge < -0.3 is 14.8 Å². The lowest BCUT2D eigenvalue weighted by molar-refractivity contribution is -0.122. The van der Waals surface area contributed by atoms with Crippen molar-refractivity contribution >= 4 is 5.91 Å². The van der Waals surface area contributed by atoms with Crippen molar-refractivity contribution in [1.29, 1.82) is 0 Å². The Hall–Kier alpha value is -1.97. The first-order chi connectivity index (χ1) is 7.86. The molecule has 2 rings (SSSR count). The van der Waals surface area contributed by atoms with Gasteiger partial charge in [0.25, 0.3) is 5.91 Å². The first-order valence-corrected chi connectivity index (χ1v) is 5.13. The number of ether oxygens (including phenoxy) is 2. The Morgan fingerprint density at radius 1 is 1.25 bits per heavy atom. The van der Waals surface area contributed by atoms with Crippen molar-refractivity contribution in [2.24, 2.45) is 0 Å². The Kier molecular flexibility index (Phi) is 3.43. The Labute approximate surface area is 93.9 Å². The average molecular weight is 219 g/mol. The Balaban J connectivity index is 1.86. The molecule has 0 saturated carbocycles. The summed E-state index contributed by atoms with van der Waals surface area (Å²) in [7, 11) is 0. The first kappa shape index (κ1) is 10.5. The quantitative estimate of drug-likeness (QED) is 0.830. The highest BCUT2D eigenvalue weighted by Crippen LogP contribution is 2.04. The van der Waals surface area contributed by atoms with E-state index in [9.17, 15) is 4.79 Å². The van der Waals surface area contributed by atoms with Gasteiger partial charge in [0.1, 0.15) is 19.5 Å². The molecule has 0 fully saturated rings. The second-order valence-electron chi connectivity index (χ2n) is 3.37. The van der Waals surface area contributed by atoms with E-state index in [-0.39, 0.29) is 11.7 Å². The Morgan fingerprint density at radius 3 is 2.75 bits per heavy atom. The molecule has 16 heavy (non-hydrogen) atoms. The predicted octanol–water partition coefficient (Wildman–Crippen LogP) is 1.19. The molecule has 0 aliphatic carbocycles. The molecule has 0 aromatic heterocycles. The number of amides is 1. The summed E-state index contributed by atoms with van der Waals surface area (Å²) in [4.78, 5) is 11.6. The Morgan fingerprint density at radius 2 is 2.06 bits per heavy atom. The van der Waals surface area contributed by atoms with Crippen molar-refractivity contribution in [3.05, 3.63) is 47.9 Å². The van der Waals surface area contributed by atoms with Gasteiger partial charge in [-0.25, -0.2) is 0 Å². The molecule has 0 bridgehead atoms. The van der Waals surface area contributed by atoms with E-state index in [4.69, 9.17) is 9.47 Å². The van der Waals surface area contributed by atoms with E-state index in [0.717, 1.165) is 5.56 Å². The number of carbonyl (C=O) groups excluding carboxylic acids is 1. The molecule has 1 N–H and O–H groups in total. The van der Waals surface area contributed by atoms with Crippen LogP contribution in [-0.2, 0) is 20.8 Å². The molecule has 84 valence electrons. The molecule has 1 aliphatic rings. The molecular formula is C12H13NO3. The van der Waals surface area contributed by atoms with Gasteiger partial charge in [-0.1, -0.05) is 30.3 Å². The second-order valence-corrected chi connectivity index (χ2v) is 3.37. The molecular weight excluding hydrogens is 206 g/mol. The van der Waals surface area contributed by atoms with Crippen molar-refractivity contribution in [3.8, 4) is 0 Å². The van der Waals surface area contributed by atoms with Gasteiger partial charge in [0, 0.05) is 6.54 Å². The maximum Gasteiger partial charge on any atom is 0.289 e. The molecule has 0 radical (unpaired) electrons. The molecule has 4 heteroatoms. The van der Waals surface area contributed by atoms with Crippen LogP contribution in [0.2, 0.25) is 0 Å². The van der Waals surface area contributed by atoms with Gasteiger partial charge in [0.15, 0.2) is 0 Å². The van der Waals surface area contributed by atoms with Crippen molar-refractivity contribution in [2.75, 3.05) is 13.2 Å². The van der Waals surface area contributed by atoms with Crippen molar-refractivity contribution in [1.82, 2.24) is 5.32 Å². The molecule has 0 spiro atoms. The minimum absolute atomic E-state index is 0.238. The number of rotatable bonds is 3. The molecule has 1 heterocycles. The van der Waals surface area contributed by atoms with Crippen LogP contribution in [0.4, 0.5) is 0 Å². The summed E-state index contributed by atoms with van der Waals surface area (Å²) in [5.74, 6) is -0.00858. The number of nitrogens with one attached hydrogen (secondary N) is 1. The highest BCUT2D eigenvalue weighted by atomic mass is 16.6. The van der Waals surface area contributed by atoms with E-state index in [1.807, 2.05) is 30.3 Å². The molecule has 0 saturated heterocycles. The average Bonchev–Trinajstić information content (AvgIpc) is 2.38. The van der Waals surface area contributed by atoms with Crippen LogP contribution in [0.15, 0.2) is 42.4 Å². The van der Waals surface area contributed by atoms with Gasteiger partial charge >= 0.3 is 0 Å². The molecule has 1 aliphatic heterocycles. The molecule has 1 amide bonds. The van der Waals surface area contributed by atoms with E-state index in [2.05, 4.69) is 5.32 Å². The first-order valence-electron chi connectivity index (χ1n) is 5.13. The smallest absolute Gasteiger partial charge is 0.289 e. The van der Waals surface area contributed by atoms with Crippen molar-refractivity contribution in [3.63, 3.8) is 0 Å². The van der Waals surface area contributed by atoms with Crippen LogP contribution < -0.4 is 5.32 Å². The topological polar surface area (TPSA) is 47.6 Å². The maximum absolute atomic E-state index is 11.6. The third-order valence-corrected chi connectivity index (χ3v) is 2.17. The molecule has 1 aromatic rings. The zero-order valence-electron chi connectivity index (χ0n) is 8.81. The van der Waals surface area contributed by atoms with Crippen LogP contribution in [0.3, 0.4) is 0 Å². The van der Waals surface area contributed by atoms with E-state index in [0.29, 0.717) is 19.8 Å². The lowest BCUT2D eigenvalue weighted by atomic mass is 10.2. The largest absolute Gasteiger partial charge is 0.494 e. The fraction of sp³-hybridized carbons (Fsp3) is 0.250. The SMILES string of the molecule is O=C(NCc1ccccc1)C1=COCCO1. The van der Waals surface area contributed by atoms with Gasteiger partial charge in [-0.3, -0.25) is 4.79 Å². The van der Waals surface area contributed by atoms with Crippen LogP contribution in [0.5, 0.6) is 0 Å². The molecule has 1 aromatic carbocycles. The van der Waals surface area contributed by atoms with Crippen LogP contribution in [0.25, 0.3) is 0 Å². The second kappa shape index (κ2) is 5.21. The highest BCUT2D eigenvalue weighted by Gasteiger charge is 2.13. The van der Waals surface area contributed by atoms with E-state index >= 15 is 0 Å². The summed E-state index contributed by atoms with van der Waals surface area (Å²) < 4.78 is 10.2. The van der Waals surface area contributed by atoms with Crippen LogP contribution >= 0.6 is 0 Å². The minimum atomic E-state index is -0.247. The van der Waals surface area contributed by atoms with Gasteiger partial charge in [0.2, 0.25) is 5.76 Å². The normalized spacial score (nSPS) is 14.4. The molecule has 0 unspecified atom stereocenters. The monoisotopic (exact) mass is 219 g/mol. The van der Waals surface area contributed by atoms with Gasteiger partial charge in [0.05, 0.1) is 0 Å². The number of hydrogen-bond donors (Lipinski definition) is 1. The lowest BCUT2D eigenvalue weighted by Gasteiger charge is -2.14. The summed E-state index contributed by atoms with van der Waals surface area (Å²) in [6, 6.07) is 9.70. The fourth-order valence-corrected chi connectivity index (χ4v) is 1.35. The van der Waals surface area contributed by atoms with E-state index < -0.39 is 0 Å². The summed E-state index contributed by atoms with van der Waals surface area (Å²) in [5.41, 5.74) is 1.05. The predicted molar refractivity (Wildman–Crippen MR) is 58.3 cm³/mol. The van der Waals surface area contributed by atoms with E-state index in [1.54, 1.807) is 0 Å². The summed E-state index contributed by atoms with van der Waals surface area (Å²) in [6.45, 7) is 1.40. The minimum Gasteiger partial charge on any atom is -0.494 e. The summed E-state index contributed by atoms with van der Waals surface area (Å²) in [6.07, 6.45) is 1.35. The molecule has 4 nitrogen and oxygen atoms in total. The van der Waals surface area contributed by atoms with Gasteiger partial charge in [-0.2, -0.15) is 0 Å². The number of carbonyl (C=O) groups is 1. The maximum atomic E-state index is 11.6. The fourth-order valence-electron chi connectivity index (χ4n) is 1.35. The summed E-state index contributed by atoms with van der Waals surface area (Å²) >= 11 is 0. The number of benzene rings is 1. The Bertz CT molecular complexity index is 387. The third kappa shape index (κ3) is 2.76.